The molecule has 110 valence electrons. The van der Waals surface area contributed by atoms with E-state index in [2.05, 4.69) is 10.6 Å². The van der Waals surface area contributed by atoms with Gasteiger partial charge in [0.2, 0.25) is 5.91 Å². The smallest absolute Gasteiger partial charge is 0.324 e. The molecule has 7 heteroatoms. The number of piperidine rings is 1. The van der Waals surface area contributed by atoms with Crippen molar-refractivity contribution in [3.8, 4) is 0 Å². The molecule has 20 heavy (non-hydrogen) atoms. The highest BCUT2D eigenvalue weighted by molar-refractivity contribution is 6.34. The summed E-state index contributed by atoms with van der Waals surface area (Å²) in [5.74, 6) is -0.767. The van der Waals surface area contributed by atoms with Crippen LogP contribution in [0.25, 0.3) is 0 Å². The van der Waals surface area contributed by atoms with E-state index in [1.807, 2.05) is 0 Å². The Morgan fingerprint density at radius 2 is 2.15 bits per heavy atom. The van der Waals surface area contributed by atoms with Crippen molar-refractivity contribution in [2.45, 2.75) is 19.0 Å². The summed E-state index contributed by atoms with van der Waals surface area (Å²) in [7, 11) is 0. The maximum Gasteiger partial charge on any atom is 0.418 e. The van der Waals surface area contributed by atoms with Crippen LogP contribution in [-0.4, -0.2) is 19.0 Å². The molecule has 3 nitrogen and oxygen atoms in total. The molecule has 0 aliphatic carbocycles. The fourth-order valence-corrected chi connectivity index (χ4v) is 2.41. The van der Waals surface area contributed by atoms with E-state index >= 15 is 0 Å². The maximum atomic E-state index is 12.9. The van der Waals surface area contributed by atoms with Crippen molar-refractivity contribution in [1.82, 2.24) is 5.32 Å². The number of amides is 1. The average molecular weight is 307 g/mol. The van der Waals surface area contributed by atoms with E-state index in [9.17, 15) is 18.0 Å². The van der Waals surface area contributed by atoms with Crippen LogP contribution < -0.4 is 10.6 Å². The zero-order valence-corrected chi connectivity index (χ0v) is 11.3. The molecule has 1 atom stereocenters. The number of nitrogens with one attached hydrogen (secondary N) is 2. The fraction of sp³-hybridized carbons (Fsp3) is 0.462. The molecule has 1 fully saturated rings. The molecular formula is C13H14ClF3N2O. The lowest BCUT2D eigenvalue weighted by atomic mass is 9.98. The second-order valence-corrected chi connectivity index (χ2v) is 5.10. The van der Waals surface area contributed by atoms with Gasteiger partial charge in [0.05, 0.1) is 22.2 Å². The molecule has 1 heterocycles. The van der Waals surface area contributed by atoms with Gasteiger partial charge in [0.25, 0.3) is 0 Å². The van der Waals surface area contributed by atoms with Crippen LogP contribution in [0.15, 0.2) is 18.2 Å². The molecule has 1 saturated heterocycles. The lowest BCUT2D eigenvalue weighted by molar-refractivity contribution is -0.137. The van der Waals surface area contributed by atoms with Gasteiger partial charge in [-0.05, 0) is 31.5 Å². The molecule has 1 aromatic carbocycles. The number of hydrogen-bond donors (Lipinski definition) is 2. The van der Waals surface area contributed by atoms with Crippen molar-refractivity contribution in [2.75, 3.05) is 18.4 Å². The lowest BCUT2D eigenvalue weighted by Crippen LogP contribution is -2.37. The van der Waals surface area contributed by atoms with Gasteiger partial charge < -0.3 is 10.6 Å². The van der Waals surface area contributed by atoms with Crippen molar-refractivity contribution in [3.63, 3.8) is 0 Å². The number of benzene rings is 1. The Hall–Kier alpha value is -1.27. The summed E-state index contributed by atoms with van der Waals surface area (Å²) in [6.45, 7) is 1.29. The van der Waals surface area contributed by atoms with Crippen LogP contribution in [0.4, 0.5) is 18.9 Å². The first kappa shape index (κ1) is 15.1. The van der Waals surface area contributed by atoms with E-state index in [0.717, 1.165) is 19.0 Å². The molecule has 1 aliphatic rings. The van der Waals surface area contributed by atoms with Gasteiger partial charge in [0.15, 0.2) is 0 Å². The third-order valence-corrected chi connectivity index (χ3v) is 3.55. The van der Waals surface area contributed by atoms with Crippen LogP contribution in [0.3, 0.4) is 0 Å². The van der Waals surface area contributed by atoms with E-state index in [-0.39, 0.29) is 16.6 Å². The van der Waals surface area contributed by atoms with Crippen LogP contribution in [0.1, 0.15) is 18.4 Å². The summed E-state index contributed by atoms with van der Waals surface area (Å²) >= 11 is 5.79. The van der Waals surface area contributed by atoms with Crippen molar-refractivity contribution in [1.29, 1.82) is 0 Å². The fourth-order valence-electron chi connectivity index (χ4n) is 2.19. The van der Waals surface area contributed by atoms with Gasteiger partial charge in [-0.2, -0.15) is 13.2 Å². The number of carbonyl (C=O) groups excluding carboxylic acids is 1. The second kappa shape index (κ2) is 6.01. The minimum Gasteiger partial charge on any atom is -0.324 e. The predicted octanol–water partition coefficient (Wildman–Crippen LogP) is 3.30. The van der Waals surface area contributed by atoms with Crippen LogP contribution >= 0.6 is 11.6 Å². The Kier molecular flexibility index (Phi) is 4.55. The van der Waals surface area contributed by atoms with Gasteiger partial charge >= 0.3 is 6.18 Å². The molecule has 0 radical (unpaired) electrons. The van der Waals surface area contributed by atoms with E-state index in [1.54, 1.807) is 0 Å². The molecule has 2 N–H and O–H groups in total. The molecule has 0 spiro atoms. The first-order valence-electron chi connectivity index (χ1n) is 6.27. The number of anilines is 1. The van der Waals surface area contributed by atoms with Crippen LogP contribution in [-0.2, 0) is 11.0 Å². The Balaban J connectivity index is 2.22. The standard InChI is InChI=1S/C13H14ClF3N2O/c14-10-5-1-4-9(13(15,16)17)11(10)19-12(20)8-3-2-6-18-7-8/h1,4-5,8,18H,2-3,6-7H2,(H,19,20)/t8-/m1/s1. The monoisotopic (exact) mass is 306 g/mol. The highest BCUT2D eigenvalue weighted by Crippen LogP contribution is 2.38. The molecule has 1 aromatic rings. The minimum atomic E-state index is -4.56. The third-order valence-electron chi connectivity index (χ3n) is 3.23. The molecule has 0 bridgehead atoms. The quantitative estimate of drug-likeness (QED) is 0.880. The molecule has 1 amide bonds. The Bertz CT molecular complexity index is 499. The molecular weight excluding hydrogens is 293 g/mol. The zero-order valence-electron chi connectivity index (χ0n) is 10.6. The second-order valence-electron chi connectivity index (χ2n) is 4.69. The normalized spacial score (nSPS) is 19.7. The highest BCUT2D eigenvalue weighted by Gasteiger charge is 2.35. The molecule has 1 aliphatic heterocycles. The van der Waals surface area contributed by atoms with Gasteiger partial charge in [-0.3, -0.25) is 4.79 Å². The van der Waals surface area contributed by atoms with Crippen molar-refractivity contribution < 1.29 is 18.0 Å². The summed E-state index contributed by atoms with van der Waals surface area (Å²) in [6, 6.07) is 3.44. The molecule has 0 aromatic heterocycles. The van der Waals surface area contributed by atoms with E-state index < -0.39 is 17.6 Å². The van der Waals surface area contributed by atoms with Gasteiger partial charge in [-0.15, -0.1) is 0 Å². The SMILES string of the molecule is O=C(Nc1c(Cl)cccc1C(F)(F)F)[C@@H]1CCCNC1. The average Bonchev–Trinajstić information content (AvgIpc) is 2.40. The summed E-state index contributed by atoms with van der Waals surface area (Å²) in [5.41, 5.74) is -1.29. The van der Waals surface area contributed by atoms with Crippen molar-refractivity contribution in [3.05, 3.63) is 28.8 Å². The topological polar surface area (TPSA) is 41.1 Å². The van der Waals surface area contributed by atoms with Crippen molar-refractivity contribution >= 4 is 23.2 Å². The molecule has 2 rings (SSSR count). The number of alkyl halides is 3. The minimum absolute atomic E-state index is 0.114. The molecule has 0 unspecified atom stereocenters. The van der Waals surface area contributed by atoms with Gasteiger partial charge in [-0.25, -0.2) is 0 Å². The van der Waals surface area contributed by atoms with E-state index in [0.29, 0.717) is 13.0 Å². The largest absolute Gasteiger partial charge is 0.418 e. The Labute approximate surface area is 119 Å². The summed E-state index contributed by atoms with van der Waals surface area (Å²) < 4.78 is 38.7. The highest BCUT2D eigenvalue weighted by atomic mass is 35.5. The van der Waals surface area contributed by atoms with Crippen molar-refractivity contribution in [2.24, 2.45) is 5.92 Å². The lowest BCUT2D eigenvalue weighted by Gasteiger charge is -2.23. The van der Waals surface area contributed by atoms with Gasteiger partial charge in [-0.1, -0.05) is 17.7 Å². The number of para-hydroxylation sites is 1. The van der Waals surface area contributed by atoms with E-state index in [4.69, 9.17) is 11.6 Å². The summed E-state index contributed by atoms with van der Waals surface area (Å²) in [4.78, 5) is 12.0. The van der Waals surface area contributed by atoms with Gasteiger partial charge in [0.1, 0.15) is 0 Å². The van der Waals surface area contributed by atoms with Crippen LogP contribution in [0.5, 0.6) is 0 Å². The first-order chi connectivity index (χ1) is 9.39. The third kappa shape index (κ3) is 3.43. The van der Waals surface area contributed by atoms with Gasteiger partial charge in [0, 0.05) is 6.54 Å². The summed E-state index contributed by atoms with van der Waals surface area (Å²) in [6.07, 6.45) is -3.07. The number of rotatable bonds is 2. The summed E-state index contributed by atoms with van der Waals surface area (Å²) in [5, 5.41) is 5.26. The van der Waals surface area contributed by atoms with Crippen LogP contribution in [0.2, 0.25) is 5.02 Å². The number of carbonyl (C=O) groups is 1. The first-order valence-corrected chi connectivity index (χ1v) is 6.64. The van der Waals surface area contributed by atoms with E-state index in [1.165, 1.54) is 12.1 Å². The predicted molar refractivity (Wildman–Crippen MR) is 70.7 cm³/mol. The molecule has 0 saturated carbocycles. The number of halogens is 4. The Morgan fingerprint density at radius 1 is 1.40 bits per heavy atom. The number of hydrogen-bond acceptors (Lipinski definition) is 2. The van der Waals surface area contributed by atoms with Crippen LogP contribution in [0, 0.1) is 5.92 Å². The zero-order chi connectivity index (χ0) is 14.8. The maximum absolute atomic E-state index is 12.9. The Morgan fingerprint density at radius 3 is 2.75 bits per heavy atom.